The fourth-order valence-electron chi connectivity index (χ4n) is 3.64. The second-order valence-corrected chi connectivity index (χ2v) is 8.34. The van der Waals surface area contributed by atoms with Gasteiger partial charge in [-0.1, -0.05) is 6.07 Å². The van der Waals surface area contributed by atoms with E-state index in [4.69, 9.17) is 13.9 Å². The number of esters is 1. The van der Waals surface area contributed by atoms with E-state index < -0.39 is 5.97 Å². The van der Waals surface area contributed by atoms with Crippen LogP contribution in [0, 0.1) is 0 Å². The summed E-state index contributed by atoms with van der Waals surface area (Å²) >= 11 is 1.70. The molecule has 1 aliphatic heterocycles. The van der Waals surface area contributed by atoms with E-state index in [1.807, 2.05) is 11.4 Å². The predicted octanol–water partition coefficient (Wildman–Crippen LogP) is 4.79. The van der Waals surface area contributed by atoms with Gasteiger partial charge in [-0.05, 0) is 47.8 Å². The smallest absolute Gasteiger partial charge is 0.337 e. The summed E-state index contributed by atoms with van der Waals surface area (Å²) < 4.78 is 22.2. The molecule has 0 amide bonds. The summed E-state index contributed by atoms with van der Waals surface area (Å²) in [5.74, 6) is 0.750. The highest BCUT2D eigenvalue weighted by Crippen LogP contribution is 2.33. The zero-order valence-corrected chi connectivity index (χ0v) is 18.0. The molecule has 2 aromatic heterocycles. The van der Waals surface area contributed by atoms with E-state index in [1.165, 1.54) is 18.3 Å². The van der Waals surface area contributed by atoms with Gasteiger partial charge in [0.25, 0.3) is 0 Å². The van der Waals surface area contributed by atoms with Gasteiger partial charge in [0, 0.05) is 18.0 Å². The number of rotatable bonds is 5. The van der Waals surface area contributed by atoms with Crippen LogP contribution in [0.1, 0.15) is 20.8 Å². The van der Waals surface area contributed by atoms with Crippen LogP contribution in [0.15, 0.2) is 69.4 Å². The first kappa shape index (κ1) is 20.3. The molecule has 4 aromatic rings. The molecule has 0 unspecified atom stereocenters. The molecule has 3 heterocycles. The first-order valence-electron chi connectivity index (χ1n) is 9.93. The molecule has 0 aliphatic carbocycles. The molecule has 0 saturated carbocycles. The number of hydrogen-bond donors (Lipinski definition) is 0. The van der Waals surface area contributed by atoms with Crippen molar-refractivity contribution in [3.63, 3.8) is 0 Å². The Balaban J connectivity index is 1.42. The van der Waals surface area contributed by atoms with Crippen LogP contribution in [-0.4, -0.2) is 24.7 Å². The highest BCUT2D eigenvalue weighted by molar-refractivity contribution is 7.09. The molecular weight excluding hydrogens is 430 g/mol. The number of carbonyl (C=O) groups is 1. The van der Waals surface area contributed by atoms with Gasteiger partial charge in [-0.2, -0.15) is 0 Å². The Morgan fingerprint density at radius 3 is 2.75 bits per heavy atom. The Kier molecular flexibility index (Phi) is 5.38. The van der Waals surface area contributed by atoms with Crippen LogP contribution in [-0.2, 0) is 17.8 Å². The average Bonchev–Trinajstić information content (AvgIpc) is 3.33. The SMILES string of the molecule is COC(=O)c1ccc(Oc2coc3c4c(ccc3c2=O)OCN(Cc2cccs2)C4)cc1. The molecule has 0 spiro atoms. The summed E-state index contributed by atoms with van der Waals surface area (Å²) in [6, 6.07) is 13.9. The second kappa shape index (κ2) is 8.49. The van der Waals surface area contributed by atoms with Crippen LogP contribution < -0.4 is 14.9 Å². The van der Waals surface area contributed by atoms with E-state index in [1.54, 1.807) is 47.7 Å². The van der Waals surface area contributed by atoms with Gasteiger partial charge in [-0.25, -0.2) is 4.79 Å². The van der Waals surface area contributed by atoms with Crippen molar-refractivity contribution in [3.05, 3.63) is 86.4 Å². The predicted molar refractivity (Wildman–Crippen MR) is 119 cm³/mol. The van der Waals surface area contributed by atoms with E-state index >= 15 is 0 Å². The third-order valence-electron chi connectivity index (χ3n) is 5.22. The fourth-order valence-corrected chi connectivity index (χ4v) is 4.38. The van der Waals surface area contributed by atoms with Crippen molar-refractivity contribution in [2.24, 2.45) is 0 Å². The maximum absolute atomic E-state index is 13.1. The number of ether oxygens (including phenoxy) is 3. The lowest BCUT2D eigenvalue weighted by Crippen LogP contribution is -2.31. The summed E-state index contributed by atoms with van der Waals surface area (Å²) in [6.45, 7) is 1.85. The van der Waals surface area contributed by atoms with Gasteiger partial charge in [0.2, 0.25) is 11.2 Å². The van der Waals surface area contributed by atoms with Crippen molar-refractivity contribution in [1.29, 1.82) is 0 Å². The Morgan fingerprint density at radius 2 is 2.00 bits per heavy atom. The first-order chi connectivity index (χ1) is 15.6. The zero-order chi connectivity index (χ0) is 22.1. The topological polar surface area (TPSA) is 78.2 Å². The van der Waals surface area contributed by atoms with Gasteiger partial charge < -0.3 is 18.6 Å². The van der Waals surface area contributed by atoms with Crippen molar-refractivity contribution in [1.82, 2.24) is 4.90 Å². The Morgan fingerprint density at radius 1 is 1.16 bits per heavy atom. The average molecular weight is 449 g/mol. The minimum Gasteiger partial charge on any atom is -0.478 e. The van der Waals surface area contributed by atoms with Crippen molar-refractivity contribution in [2.45, 2.75) is 13.1 Å². The van der Waals surface area contributed by atoms with Crippen molar-refractivity contribution < 1.29 is 23.4 Å². The lowest BCUT2D eigenvalue weighted by atomic mass is 10.1. The van der Waals surface area contributed by atoms with Crippen molar-refractivity contribution >= 4 is 28.3 Å². The molecule has 5 rings (SSSR count). The molecule has 0 atom stereocenters. The van der Waals surface area contributed by atoms with Crippen LogP contribution in [0.2, 0.25) is 0 Å². The fraction of sp³-hybridized carbons (Fsp3) is 0.167. The molecule has 0 bridgehead atoms. The third-order valence-corrected chi connectivity index (χ3v) is 6.08. The zero-order valence-electron chi connectivity index (χ0n) is 17.2. The van der Waals surface area contributed by atoms with Crippen LogP contribution in [0.3, 0.4) is 0 Å². The van der Waals surface area contributed by atoms with E-state index in [0.29, 0.717) is 35.6 Å². The maximum Gasteiger partial charge on any atom is 0.337 e. The third kappa shape index (κ3) is 3.86. The standard InChI is InChI=1S/C24H19NO6S/c1-28-24(27)15-4-6-16(7-5-15)31-21-13-29-23-18(22(21)26)8-9-20-19(23)12-25(14-30-20)11-17-3-2-10-32-17/h2-10,13H,11-12,14H2,1H3. The van der Waals surface area contributed by atoms with Gasteiger partial charge in [0.1, 0.15) is 30.1 Å². The van der Waals surface area contributed by atoms with Gasteiger partial charge >= 0.3 is 5.97 Å². The summed E-state index contributed by atoms with van der Waals surface area (Å²) in [5, 5.41) is 2.47. The molecule has 0 fully saturated rings. The van der Waals surface area contributed by atoms with Crippen LogP contribution in [0.4, 0.5) is 0 Å². The first-order valence-corrected chi connectivity index (χ1v) is 10.8. The minimum atomic E-state index is -0.443. The molecule has 32 heavy (non-hydrogen) atoms. The summed E-state index contributed by atoms with van der Waals surface area (Å²) in [4.78, 5) is 28.0. The monoisotopic (exact) mass is 449 g/mol. The number of fused-ring (bicyclic) bond motifs is 3. The number of nitrogens with zero attached hydrogens (tertiary/aromatic N) is 1. The number of benzene rings is 2. The van der Waals surface area contributed by atoms with Crippen LogP contribution in [0.25, 0.3) is 11.0 Å². The van der Waals surface area contributed by atoms with Gasteiger partial charge in [0.05, 0.1) is 23.6 Å². The van der Waals surface area contributed by atoms with Crippen LogP contribution in [0.5, 0.6) is 17.2 Å². The van der Waals surface area contributed by atoms with E-state index in [0.717, 1.165) is 17.9 Å². The maximum atomic E-state index is 13.1. The Hall–Kier alpha value is -3.62. The molecule has 7 nitrogen and oxygen atoms in total. The second-order valence-electron chi connectivity index (χ2n) is 7.31. The summed E-state index contributed by atoms with van der Waals surface area (Å²) in [6.07, 6.45) is 1.32. The van der Waals surface area contributed by atoms with E-state index in [9.17, 15) is 9.59 Å². The number of thiophene rings is 1. The lowest BCUT2D eigenvalue weighted by molar-refractivity contribution is 0.0600. The summed E-state index contributed by atoms with van der Waals surface area (Å²) in [7, 11) is 1.32. The van der Waals surface area contributed by atoms with Gasteiger partial charge in [-0.3, -0.25) is 9.69 Å². The highest BCUT2D eigenvalue weighted by atomic mass is 32.1. The molecule has 8 heteroatoms. The highest BCUT2D eigenvalue weighted by Gasteiger charge is 2.23. The molecule has 2 aromatic carbocycles. The quantitative estimate of drug-likeness (QED) is 0.406. The molecule has 0 saturated heterocycles. The van der Waals surface area contributed by atoms with Gasteiger partial charge in [-0.15, -0.1) is 11.3 Å². The van der Waals surface area contributed by atoms with Crippen LogP contribution >= 0.6 is 11.3 Å². The number of hydrogen-bond acceptors (Lipinski definition) is 8. The Bertz CT molecular complexity index is 1330. The summed E-state index contributed by atoms with van der Waals surface area (Å²) in [5.41, 5.74) is 1.46. The normalized spacial score (nSPS) is 13.4. The van der Waals surface area contributed by atoms with Gasteiger partial charge in [0.15, 0.2) is 0 Å². The lowest BCUT2D eigenvalue weighted by Gasteiger charge is -2.28. The van der Waals surface area contributed by atoms with Crippen molar-refractivity contribution in [3.8, 4) is 17.2 Å². The molecule has 0 radical (unpaired) electrons. The van der Waals surface area contributed by atoms with Crippen molar-refractivity contribution in [2.75, 3.05) is 13.8 Å². The Labute approximate surface area is 187 Å². The molecule has 1 aliphatic rings. The minimum absolute atomic E-state index is 0.0652. The number of methoxy groups -OCH3 is 1. The van der Waals surface area contributed by atoms with E-state index in [-0.39, 0.29) is 11.2 Å². The number of carbonyl (C=O) groups excluding carboxylic acids is 1. The molecule has 162 valence electrons. The largest absolute Gasteiger partial charge is 0.478 e. The van der Waals surface area contributed by atoms with E-state index in [2.05, 4.69) is 15.7 Å². The molecular formula is C24H19NO6S. The molecule has 0 N–H and O–H groups in total.